The van der Waals surface area contributed by atoms with Crippen LogP contribution in [-0.2, 0) is 0 Å². The van der Waals surface area contributed by atoms with Crippen LogP contribution in [0.4, 0.5) is 0 Å². The highest BCUT2D eigenvalue weighted by Gasteiger charge is 2.23. The van der Waals surface area contributed by atoms with Gasteiger partial charge in [0.15, 0.2) is 0 Å². The van der Waals surface area contributed by atoms with E-state index in [9.17, 15) is 4.79 Å². The fourth-order valence-corrected chi connectivity index (χ4v) is 3.14. The minimum Gasteiger partial charge on any atom is -0.337 e. The quantitative estimate of drug-likeness (QED) is 0.869. The van der Waals surface area contributed by atoms with Gasteiger partial charge in [0, 0.05) is 23.6 Å². The molecule has 1 atom stereocenters. The summed E-state index contributed by atoms with van der Waals surface area (Å²) in [5, 5.41) is 3.94. The third-order valence-electron chi connectivity index (χ3n) is 3.57. The first-order valence-corrected chi connectivity index (χ1v) is 8.27. The number of carbonyl (C=O) groups is 1. The molecule has 1 unspecified atom stereocenters. The zero-order valence-corrected chi connectivity index (χ0v) is 14.0. The average Bonchev–Trinajstić information content (AvgIpc) is 2.94. The van der Waals surface area contributed by atoms with Gasteiger partial charge < -0.3 is 10.2 Å². The van der Waals surface area contributed by atoms with Gasteiger partial charge in [-0.15, -0.1) is 0 Å². The third kappa shape index (κ3) is 3.74. The lowest BCUT2D eigenvalue weighted by atomic mass is 10.1. The summed E-state index contributed by atoms with van der Waals surface area (Å²) < 4.78 is 0.764. The molecule has 1 aromatic rings. The monoisotopic (exact) mass is 358 g/mol. The molecule has 0 aromatic heterocycles. The number of amides is 1. The molecule has 3 nitrogen and oxygen atoms in total. The predicted octanol–water partition coefficient (Wildman–Crippen LogP) is 3.71. The Balaban J connectivity index is 2.14. The molecule has 1 aliphatic heterocycles. The zero-order chi connectivity index (χ0) is 14.5. The van der Waals surface area contributed by atoms with E-state index in [2.05, 4.69) is 28.2 Å². The smallest absolute Gasteiger partial charge is 0.255 e. The van der Waals surface area contributed by atoms with Crippen molar-refractivity contribution in [3.05, 3.63) is 33.3 Å². The number of nitrogens with zero attached hydrogens (tertiary/aromatic N) is 1. The predicted molar refractivity (Wildman–Crippen MR) is 86.4 cm³/mol. The van der Waals surface area contributed by atoms with Crippen LogP contribution < -0.4 is 5.32 Å². The molecule has 20 heavy (non-hydrogen) atoms. The Morgan fingerprint density at radius 1 is 1.55 bits per heavy atom. The van der Waals surface area contributed by atoms with Crippen LogP contribution in [0.1, 0.15) is 36.5 Å². The number of halogens is 2. The van der Waals surface area contributed by atoms with E-state index in [0.29, 0.717) is 16.6 Å². The molecule has 110 valence electrons. The van der Waals surface area contributed by atoms with Crippen LogP contribution in [0.15, 0.2) is 22.7 Å². The van der Waals surface area contributed by atoms with Crippen LogP contribution >= 0.6 is 27.5 Å². The minimum absolute atomic E-state index is 0.0202. The van der Waals surface area contributed by atoms with E-state index in [-0.39, 0.29) is 5.91 Å². The van der Waals surface area contributed by atoms with E-state index in [4.69, 9.17) is 11.6 Å². The fraction of sp³-hybridized carbons (Fsp3) is 0.533. The number of benzene rings is 1. The number of carbonyl (C=O) groups excluding carboxylic acids is 1. The number of nitrogens with one attached hydrogen (secondary N) is 1. The summed E-state index contributed by atoms with van der Waals surface area (Å²) in [5.74, 6) is 0.0202. The molecular formula is C15H20BrClN2O. The van der Waals surface area contributed by atoms with Crippen molar-refractivity contribution in [1.29, 1.82) is 0 Å². The lowest BCUT2D eigenvalue weighted by Gasteiger charge is -2.26. The summed E-state index contributed by atoms with van der Waals surface area (Å²) in [4.78, 5) is 14.6. The standard InChI is InChI=1S/C15H20BrClN2O/c1-2-9-19(10-11-5-4-8-18-11)15(20)12-6-3-7-13(16)14(12)17/h3,6-7,11,18H,2,4-5,8-10H2,1H3. The molecule has 1 fully saturated rings. The van der Waals surface area contributed by atoms with E-state index < -0.39 is 0 Å². The van der Waals surface area contributed by atoms with Gasteiger partial charge in [0.2, 0.25) is 0 Å². The molecular weight excluding hydrogens is 340 g/mol. The van der Waals surface area contributed by atoms with Gasteiger partial charge >= 0.3 is 0 Å². The molecule has 0 bridgehead atoms. The first-order valence-electron chi connectivity index (χ1n) is 7.10. The summed E-state index contributed by atoms with van der Waals surface area (Å²) in [6.07, 6.45) is 3.28. The Labute approximate surface area is 133 Å². The summed E-state index contributed by atoms with van der Waals surface area (Å²) in [6.45, 7) is 4.66. The molecule has 1 aliphatic rings. The molecule has 0 radical (unpaired) electrons. The van der Waals surface area contributed by atoms with Crippen LogP contribution in [0.3, 0.4) is 0 Å². The average molecular weight is 360 g/mol. The maximum Gasteiger partial charge on any atom is 0.255 e. The van der Waals surface area contributed by atoms with Crippen LogP contribution in [0.2, 0.25) is 5.02 Å². The van der Waals surface area contributed by atoms with E-state index in [1.807, 2.05) is 17.0 Å². The summed E-state index contributed by atoms with van der Waals surface area (Å²) in [7, 11) is 0. The topological polar surface area (TPSA) is 32.3 Å². The molecule has 5 heteroatoms. The first-order chi connectivity index (χ1) is 9.63. The lowest BCUT2D eigenvalue weighted by molar-refractivity contribution is 0.0742. The Kier molecular flexibility index (Phi) is 5.87. The van der Waals surface area contributed by atoms with Crippen molar-refractivity contribution in [3.8, 4) is 0 Å². The normalized spacial score (nSPS) is 18.2. The minimum atomic E-state index is 0.0202. The van der Waals surface area contributed by atoms with Crippen molar-refractivity contribution in [2.24, 2.45) is 0 Å². The van der Waals surface area contributed by atoms with Crippen LogP contribution in [0, 0.1) is 0 Å². The molecule has 0 spiro atoms. The number of hydrogen-bond acceptors (Lipinski definition) is 2. The molecule has 1 saturated heterocycles. The first kappa shape index (κ1) is 15.8. The van der Waals surface area contributed by atoms with Crippen LogP contribution in [-0.4, -0.2) is 36.5 Å². The van der Waals surface area contributed by atoms with Gasteiger partial charge in [-0.1, -0.05) is 24.6 Å². The number of hydrogen-bond donors (Lipinski definition) is 1. The maximum absolute atomic E-state index is 12.7. The second-order valence-corrected chi connectivity index (χ2v) is 6.38. The van der Waals surface area contributed by atoms with Crippen molar-refractivity contribution >= 4 is 33.4 Å². The van der Waals surface area contributed by atoms with Gasteiger partial charge in [0.1, 0.15) is 0 Å². The Morgan fingerprint density at radius 3 is 3.00 bits per heavy atom. The van der Waals surface area contributed by atoms with E-state index >= 15 is 0 Å². The van der Waals surface area contributed by atoms with Crippen molar-refractivity contribution < 1.29 is 4.79 Å². The molecule has 2 rings (SSSR count). The maximum atomic E-state index is 12.7. The highest BCUT2D eigenvalue weighted by Crippen LogP contribution is 2.27. The molecule has 1 amide bonds. The Morgan fingerprint density at radius 2 is 2.35 bits per heavy atom. The van der Waals surface area contributed by atoms with Crippen LogP contribution in [0.5, 0.6) is 0 Å². The lowest BCUT2D eigenvalue weighted by Crippen LogP contribution is -2.41. The Bertz CT molecular complexity index is 475. The summed E-state index contributed by atoms with van der Waals surface area (Å²) in [6, 6.07) is 5.90. The SMILES string of the molecule is CCCN(CC1CCCN1)C(=O)c1cccc(Br)c1Cl. The molecule has 1 N–H and O–H groups in total. The van der Waals surface area contributed by atoms with Crippen molar-refractivity contribution in [2.45, 2.75) is 32.2 Å². The highest BCUT2D eigenvalue weighted by atomic mass is 79.9. The van der Waals surface area contributed by atoms with Crippen LogP contribution in [0.25, 0.3) is 0 Å². The molecule has 0 saturated carbocycles. The summed E-state index contributed by atoms with van der Waals surface area (Å²) >= 11 is 9.61. The summed E-state index contributed by atoms with van der Waals surface area (Å²) in [5.41, 5.74) is 0.576. The van der Waals surface area contributed by atoms with E-state index in [1.165, 1.54) is 6.42 Å². The van der Waals surface area contributed by atoms with Crippen molar-refractivity contribution in [3.63, 3.8) is 0 Å². The largest absolute Gasteiger partial charge is 0.337 e. The highest BCUT2D eigenvalue weighted by molar-refractivity contribution is 9.10. The molecule has 1 heterocycles. The van der Waals surface area contributed by atoms with Gasteiger partial charge in [-0.2, -0.15) is 0 Å². The van der Waals surface area contributed by atoms with Gasteiger partial charge in [0.25, 0.3) is 5.91 Å². The Hall–Kier alpha value is -0.580. The number of rotatable bonds is 5. The van der Waals surface area contributed by atoms with Crippen molar-refractivity contribution in [1.82, 2.24) is 10.2 Å². The zero-order valence-electron chi connectivity index (χ0n) is 11.7. The van der Waals surface area contributed by atoms with Gasteiger partial charge in [0.05, 0.1) is 10.6 Å². The third-order valence-corrected chi connectivity index (χ3v) is 4.86. The van der Waals surface area contributed by atoms with E-state index in [1.54, 1.807) is 6.07 Å². The second kappa shape index (κ2) is 7.43. The fourth-order valence-electron chi connectivity index (χ4n) is 2.56. The van der Waals surface area contributed by atoms with Gasteiger partial charge in [-0.3, -0.25) is 4.79 Å². The molecule has 0 aliphatic carbocycles. The van der Waals surface area contributed by atoms with Gasteiger partial charge in [-0.25, -0.2) is 0 Å². The van der Waals surface area contributed by atoms with Crippen molar-refractivity contribution in [2.75, 3.05) is 19.6 Å². The van der Waals surface area contributed by atoms with Gasteiger partial charge in [-0.05, 0) is 53.9 Å². The molecule has 1 aromatic carbocycles. The second-order valence-electron chi connectivity index (χ2n) is 5.15. The van der Waals surface area contributed by atoms with E-state index in [0.717, 1.165) is 36.9 Å².